The molecule has 2 unspecified atom stereocenters. The molecule has 1 aromatic carbocycles. The summed E-state index contributed by atoms with van der Waals surface area (Å²) in [5, 5.41) is 7.79. The van der Waals surface area contributed by atoms with Gasteiger partial charge in [-0.25, -0.2) is 0 Å². The Balaban J connectivity index is 2.09. The average molecular weight is 377 g/mol. The predicted molar refractivity (Wildman–Crippen MR) is 107 cm³/mol. The van der Waals surface area contributed by atoms with Crippen LogP contribution in [0, 0.1) is 17.2 Å². The minimum absolute atomic E-state index is 0.0763. The van der Waals surface area contributed by atoms with Gasteiger partial charge in [-0.2, -0.15) is 0 Å². The highest BCUT2D eigenvalue weighted by molar-refractivity contribution is 6.31. The van der Waals surface area contributed by atoms with E-state index in [4.69, 9.17) is 22.7 Å². The molecular weight excluding hydrogens is 348 g/mol. The van der Waals surface area contributed by atoms with Crippen LogP contribution in [0.3, 0.4) is 0 Å². The Labute approximate surface area is 161 Å². The van der Waals surface area contributed by atoms with E-state index in [9.17, 15) is 4.79 Å². The molecule has 3 N–H and O–H groups in total. The van der Waals surface area contributed by atoms with Gasteiger partial charge >= 0.3 is 0 Å². The summed E-state index contributed by atoms with van der Waals surface area (Å²) in [6.07, 6.45) is 3.62. The number of allylic oxidation sites excluding steroid dienone is 1. The predicted octanol–water partition coefficient (Wildman–Crippen LogP) is 3.14. The Bertz CT molecular complexity index is 651. The maximum absolute atomic E-state index is 12.7. The van der Waals surface area contributed by atoms with E-state index in [1.807, 2.05) is 24.3 Å². The maximum Gasteiger partial charge on any atom is 0.270 e. The zero-order valence-corrected chi connectivity index (χ0v) is 16.4. The number of carbonyl (C=O) groups excluding carboxylic acids is 1. The van der Waals surface area contributed by atoms with Gasteiger partial charge in [-0.3, -0.25) is 4.79 Å². The number of piperidine rings is 1. The molecule has 0 bridgehead atoms. The monoisotopic (exact) mass is 376 g/mol. The van der Waals surface area contributed by atoms with Crippen molar-refractivity contribution in [3.8, 4) is 0 Å². The lowest BCUT2D eigenvalue weighted by atomic mass is 9.92. The van der Waals surface area contributed by atoms with Crippen molar-refractivity contribution in [2.75, 3.05) is 26.2 Å². The van der Waals surface area contributed by atoms with Crippen LogP contribution in [0.1, 0.15) is 25.8 Å². The van der Waals surface area contributed by atoms with Crippen molar-refractivity contribution < 1.29 is 4.79 Å². The van der Waals surface area contributed by atoms with E-state index in [0.29, 0.717) is 29.9 Å². The molecule has 1 saturated heterocycles. The van der Waals surface area contributed by atoms with Crippen LogP contribution in [0.15, 0.2) is 36.0 Å². The van der Waals surface area contributed by atoms with Crippen LogP contribution in [0.25, 0.3) is 0 Å². The molecule has 1 aliphatic rings. The lowest BCUT2D eigenvalue weighted by molar-refractivity contribution is -0.128. The van der Waals surface area contributed by atoms with Gasteiger partial charge in [0, 0.05) is 44.0 Å². The van der Waals surface area contributed by atoms with Gasteiger partial charge in [-0.1, -0.05) is 43.6 Å². The van der Waals surface area contributed by atoms with Crippen LogP contribution in [-0.4, -0.2) is 48.1 Å². The summed E-state index contributed by atoms with van der Waals surface area (Å²) in [7, 11) is 0. The maximum atomic E-state index is 12.7. The largest absolute Gasteiger partial charge is 0.394 e. The Morgan fingerprint density at radius 1 is 1.35 bits per heavy atom. The molecule has 26 heavy (non-hydrogen) atoms. The lowest BCUT2D eigenvalue weighted by Crippen LogP contribution is -2.44. The highest BCUT2D eigenvalue weighted by Gasteiger charge is 2.23. The molecule has 0 spiro atoms. The van der Waals surface area contributed by atoms with E-state index in [2.05, 4.69) is 18.7 Å². The molecule has 0 aromatic heterocycles. The van der Waals surface area contributed by atoms with Crippen molar-refractivity contribution in [2.45, 2.75) is 26.8 Å². The van der Waals surface area contributed by atoms with Gasteiger partial charge in [-0.05, 0) is 36.0 Å². The highest BCUT2D eigenvalue weighted by atomic mass is 35.5. The third kappa shape index (κ3) is 5.85. The minimum Gasteiger partial charge on any atom is -0.394 e. The summed E-state index contributed by atoms with van der Waals surface area (Å²) in [6, 6.07) is 7.53. The average Bonchev–Trinajstić information content (AvgIpc) is 2.59. The summed E-state index contributed by atoms with van der Waals surface area (Å²) in [5.41, 5.74) is 6.82. The van der Waals surface area contributed by atoms with Crippen molar-refractivity contribution in [1.29, 1.82) is 5.41 Å². The first kappa shape index (κ1) is 20.5. The molecule has 2 atom stereocenters. The fraction of sp³-hybridized carbons (Fsp3) is 0.500. The molecule has 6 heteroatoms. The van der Waals surface area contributed by atoms with Gasteiger partial charge in [0.05, 0.1) is 5.70 Å². The minimum atomic E-state index is -0.258. The molecule has 1 heterocycles. The normalized spacial score (nSPS) is 21.4. The number of hydrogen-bond donors (Lipinski definition) is 2. The molecule has 1 fully saturated rings. The van der Waals surface area contributed by atoms with Crippen LogP contribution >= 0.6 is 11.6 Å². The van der Waals surface area contributed by atoms with Crippen molar-refractivity contribution in [2.24, 2.45) is 17.6 Å². The van der Waals surface area contributed by atoms with Crippen molar-refractivity contribution in [1.82, 2.24) is 9.80 Å². The number of nitrogens with one attached hydrogen (secondary N) is 1. The SMILES string of the molecule is CC1CC(C)CN(CCN(Cc2ccccc2Cl)C(=O)/C(N)=C/C=N)C1. The Kier molecular flexibility index (Phi) is 7.66. The van der Waals surface area contributed by atoms with E-state index in [1.54, 1.807) is 4.90 Å². The molecule has 2 rings (SSSR count). The molecule has 5 nitrogen and oxygen atoms in total. The first-order valence-corrected chi connectivity index (χ1v) is 9.49. The summed E-state index contributed by atoms with van der Waals surface area (Å²) >= 11 is 6.27. The number of hydrogen-bond acceptors (Lipinski definition) is 4. The summed E-state index contributed by atoms with van der Waals surface area (Å²) in [5.74, 6) is 1.09. The fourth-order valence-electron chi connectivity index (χ4n) is 3.67. The van der Waals surface area contributed by atoms with Crippen LogP contribution in [0.5, 0.6) is 0 Å². The van der Waals surface area contributed by atoms with E-state index >= 15 is 0 Å². The molecule has 1 aliphatic heterocycles. The van der Waals surface area contributed by atoms with Crippen molar-refractivity contribution in [3.05, 3.63) is 46.6 Å². The third-order valence-electron chi connectivity index (χ3n) is 4.75. The number of rotatable bonds is 7. The van der Waals surface area contributed by atoms with E-state index < -0.39 is 0 Å². The first-order chi connectivity index (χ1) is 12.4. The van der Waals surface area contributed by atoms with Crippen LogP contribution < -0.4 is 5.73 Å². The standard InChI is InChI=1S/C20H29ClN4O/c1-15-11-16(2)13-24(12-15)9-10-25(20(26)19(23)7-8-22)14-17-5-3-4-6-18(17)21/h3-8,15-16,22H,9-14,23H2,1-2H3/b19-7-,22-8?. The second-order valence-electron chi connectivity index (χ2n) is 7.31. The van der Waals surface area contributed by atoms with Crippen molar-refractivity contribution in [3.63, 3.8) is 0 Å². The van der Waals surface area contributed by atoms with Crippen LogP contribution in [0.4, 0.5) is 0 Å². The Morgan fingerprint density at radius 3 is 2.62 bits per heavy atom. The third-order valence-corrected chi connectivity index (χ3v) is 5.12. The van der Waals surface area contributed by atoms with Crippen LogP contribution in [0.2, 0.25) is 5.02 Å². The molecule has 0 aliphatic carbocycles. The molecule has 1 aromatic rings. The van der Waals surface area contributed by atoms with E-state index in [-0.39, 0.29) is 11.6 Å². The lowest BCUT2D eigenvalue weighted by Gasteiger charge is -2.36. The van der Waals surface area contributed by atoms with Gasteiger partial charge in [0.25, 0.3) is 5.91 Å². The number of amides is 1. The number of nitrogens with zero attached hydrogens (tertiary/aromatic N) is 2. The van der Waals surface area contributed by atoms with Gasteiger partial charge in [-0.15, -0.1) is 0 Å². The Morgan fingerprint density at radius 2 is 2.00 bits per heavy atom. The topological polar surface area (TPSA) is 73.4 Å². The molecular formula is C20H29ClN4O. The number of benzene rings is 1. The second-order valence-corrected chi connectivity index (χ2v) is 7.72. The summed E-state index contributed by atoms with van der Waals surface area (Å²) in [6.45, 7) is 8.47. The second kappa shape index (κ2) is 9.74. The number of halogens is 1. The molecule has 1 amide bonds. The number of likely N-dealkylation sites (tertiary alicyclic amines) is 1. The quantitative estimate of drug-likeness (QED) is 0.567. The summed E-state index contributed by atoms with van der Waals surface area (Å²) < 4.78 is 0. The zero-order valence-electron chi connectivity index (χ0n) is 15.6. The first-order valence-electron chi connectivity index (χ1n) is 9.12. The highest BCUT2D eigenvalue weighted by Crippen LogP contribution is 2.21. The molecule has 0 radical (unpaired) electrons. The fourth-order valence-corrected chi connectivity index (χ4v) is 3.86. The van der Waals surface area contributed by atoms with E-state index in [1.165, 1.54) is 12.5 Å². The summed E-state index contributed by atoms with van der Waals surface area (Å²) in [4.78, 5) is 16.9. The Hall–Kier alpha value is -1.85. The number of nitrogens with two attached hydrogens (primary N) is 1. The molecule has 142 valence electrons. The van der Waals surface area contributed by atoms with Crippen molar-refractivity contribution >= 4 is 23.7 Å². The van der Waals surface area contributed by atoms with Gasteiger partial charge in [0.2, 0.25) is 0 Å². The van der Waals surface area contributed by atoms with Crippen LogP contribution in [-0.2, 0) is 11.3 Å². The van der Waals surface area contributed by atoms with Gasteiger partial charge in [0.15, 0.2) is 0 Å². The smallest absolute Gasteiger partial charge is 0.270 e. The van der Waals surface area contributed by atoms with Gasteiger partial charge < -0.3 is 20.9 Å². The van der Waals surface area contributed by atoms with E-state index in [0.717, 1.165) is 31.4 Å². The van der Waals surface area contributed by atoms with Gasteiger partial charge in [0.1, 0.15) is 0 Å². The zero-order chi connectivity index (χ0) is 19.1. The number of carbonyl (C=O) groups is 1. The molecule has 0 saturated carbocycles.